The van der Waals surface area contributed by atoms with E-state index in [4.69, 9.17) is 4.74 Å². The summed E-state index contributed by atoms with van der Waals surface area (Å²) in [7, 11) is 1.72. The summed E-state index contributed by atoms with van der Waals surface area (Å²) in [5.74, 6) is 1.61. The molecule has 1 aromatic rings. The number of hydrogen-bond acceptors (Lipinski definition) is 5. The molecule has 0 bridgehead atoms. The molecule has 1 fully saturated rings. The quantitative estimate of drug-likeness (QED) is 0.727. The van der Waals surface area contributed by atoms with E-state index in [-0.39, 0.29) is 0 Å². The van der Waals surface area contributed by atoms with E-state index in [0.29, 0.717) is 6.04 Å². The topological polar surface area (TPSA) is 59.1 Å². The lowest BCUT2D eigenvalue weighted by Gasteiger charge is -2.12. The minimum Gasteiger partial charge on any atom is -0.385 e. The number of nitrogens with one attached hydrogen (secondary N) is 2. The number of nitrogens with zero attached hydrogens (tertiary/aromatic N) is 2. The van der Waals surface area contributed by atoms with E-state index in [9.17, 15) is 0 Å². The van der Waals surface area contributed by atoms with Gasteiger partial charge in [0.1, 0.15) is 5.82 Å². The molecule has 2 N–H and O–H groups in total. The average Bonchev–Trinajstić information content (AvgIpc) is 2.88. The van der Waals surface area contributed by atoms with Gasteiger partial charge in [-0.25, -0.2) is 4.98 Å². The molecule has 100 valence electrons. The second kappa shape index (κ2) is 7.16. The van der Waals surface area contributed by atoms with Crippen molar-refractivity contribution in [2.75, 3.05) is 30.9 Å². The molecule has 5 nitrogen and oxygen atoms in total. The standard InChI is InChI=1S/C13H22N4O/c1-18-10-4-8-14-12-7-9-15-13(17-12)16-11-5-2-3-6-11/h7,9,11H,2-6,8,10H2,1H3,(H2,14,15,16,17). The molecule has 1 aromatic heterocycles. The SMILES string of the molecule is COCCCNc1ccnc(NC2CCCC2)n1. The van der Waals surface area contributed by atoms with Crippen LogP contribution in [0.1, 0.15) is 32.1 Å². The molecule has 0 atom stereocenters. The van der Waals surface area contributed by atoms with Crippen LogP contribution in [0.4, 0.5) is 11.8 Å². The second-order valence-corrected chi connectivity index (χ2v) is 4.66. The van der Waals surface area contributed by atoms with Crippen LogP contribution in [0, 0.1) is 0 Å². The van der Waals surface area contributed by atoms with E-state index in [0.717, 1.165) is 31.3 Å². The summed E-state index contributed by atoms with van der Waals surface area (Å²) >= 11 is 0. The van der Waals surface area contributed by atoms with Crippen molar-refractivity contribution in [1.29, 1.82) is 0 Å². The summed E-state index contributed by atoms with van der Waals surface area (Å²) in [6.45, 7) is 1.64. The van der Waals surface area contributed by atoms with Crippen molar-refractivity contribution in [2.24, 2.45) is 0 Å². The monoisotopic (exact) mass is 250 g/mol. The highest BCUT2D eigenvalue weighted by Crippen LogP contribution is 2.20. The summed E-state index contributed by atoms with van der Waals surface area (Å²) in [4.78, 5) is 8.72. The lowest BCUT2D eigenvalue weighted by Crippen LogP contribution is -2.17. The molecule has 0 amide bonds. The number of ether oxygens (including phenoxy) is 1. The highest BCUT2D eigenvalue weighted by molar-refractivity contribution is 5.39. The van der Waals surface area contributed by atoms with Gasteiger partial charge in [0.2, 0.25) is 5.95 Å². The van der Waals surface area contributed by atoms with Gasteiger partial charge in [-0.05, 0) is 25.3 Å². The maximum Gasteiger partial charge on any atom is 0.224 e. The summed E-state index contributed by atoms with van der Waals surface area (Å²) in [6, 6.07) is 2.45. The zero-order chi connectivity index (χ0) is 12.6. The van der Waals surface area contributed by atoms with Gasteiger partial charge in [-0.2, -0.15) is 4.98 Å². The smallest absolute Gasteiger partial charge is 0.224 e. The number of hydrogen-bond donors (Lipinski definition) is 2. The molecular formula is C13H22N4O. The van der Waals surface area contributed by atoms with Gasteiger partial charge in [0, 0.05) is 32.5 Å². The molecule has 0 spiro atoms. The van der Waals surface area contributed by atoms with E-state index in [1.807, 2.05) is 6.07 Å². The Balaban J connectivity index is 1.80. The fourth-order valence-electron chi connectivity index (χ4n) is 2.21. The van der Waals surface area contributed by atoms with Gasteiger partial charge in [0.05, 0.1) is 0 Å². The first-order chi connectivity index (χ1) is 8.88. The largest absolute Gasteiger partial charge is 0.385 e. The van der Waals surface area contributed by atoms with Crippen LogP contribution in [0.25, 0.3) is 0 Å². The van der Waals surface area contributed by atoms with Gasteiger partial charge in [-0.3, -0.25) is 0 Å². The van der Waals surface area contributed by atoms with Gasteiger partial charge < -0.3 is 15.4 Å². The van der Waals surface area contributed by atoms with Crippen LogP contribution in [0.3, 0.4) is 0 Å². The van der Waals surface area contributed by atoms with Gasteiger partial charge in [-0.1, -0.05) is 12.8 Å². The number of anilines is 2. The fraction of sp³-hybridized carbons (Fsp3) is 0.692. The minimum absolute atomic E-state index is 0.550. The van der Waals surface area contributed by atoms with E-state index in [1.54, 1.807) is 13.3 Å². The van der Waals surface area contributed by atoms with Crippen molar-refractivity contribution >= 4 is 11.8 Å². The summed E-state index contributed by atoms with van der Waals surface area (Å²) in [6.07, 6.45) is 7.86. The van der Waals surface area contributed by atoms with Crippen LogP contribution in [0.5, 0.6) is 0 Å². The Bertz CT molecular complexity index is 353. The molecule has 1 aliphatic rings. The average molecular weight is 250 g/mol. The van der Waals surface area contributed by atoms with E-state index < -0.39 is 0 Å². The highest BCUT2D eigenvalue weighted by atomic mass is 16.5. The molecule has 18 heavy (non-hydrogen) atoms. The van der Waals surface area contributed by atoms with E-state index in [2.05, 4.69) is 20.6 Å². The molecule has 1 heterocycles. The van der Waals surface area contributed by atoms with Crippen molar-refractivity contribution in [2.45, 2.75) is 38.1 Å². The molecule has 0 radical (unpaired) electrons. The molecule has 1 saturated carbocycles. The first-order valence-electron chi connectivity index (χ1n) is 6.71. The Hall–Kier alpha value is -1.36. The molecule has 5 heteroatoms. The van der Waals surface area contributed by atoms with Gasteiger partial charge in [-0.15, -0.1) is 0 Å². The lowest BCUT2D eigenvalue weighted by molar-refractivity contribution is 0.198. The third kappa shape index (κ3) is 4.14. The number of aromatic nitrogens is 2. The van der Waals surface area contributed by atoms with Crippen molar-refractivity contribution in [3.8, 4) is 0 Å². The lowest BCUT2D eigenvalue weighted by atomic mass is 10.2. The number of rotatable bonds is 7. The van der Waals surface area contributed by atoms with Crippen LogP contribution in [-0.2, 0) is 4.74 Å². The van der Waals surface area contributed by atoms with Crippen LogP contribution >= 0.6 is 0 Å². The van der Waals surface area contributed by atoms with Crippen LogP contribution in [0.2, 0.25) is 0 Å². The zero-order valence-corrected chi connectivity index (χ0v) is 11.0. The molecular weight excluding hydrogens is 228 g/mol. The Kier molecular flexibility index (Phi) is 5.20. The van der Waals surface area contributed by atoms with Crippen molar-refractivity contribution < 1.29 is 4.74 Å². The first kappa shape index (κ1) is 13.1. The molecule has 0 unspecified atom stereocenters. The van der Waals surface area contributed by atoms with Crippen LogP contribution in [-0.4, -0.2) is 36.3 Å². The maximum atomic E-state index is 5.01. The van der Waals surface area contributed by atoms with E-state index in [1.165, 1.54) is 25.7 Å². The fourth-order valence-corrected chi connectivity index (χ4v) is 2.21. The third-order valence-electron chi connectivity index (χ3n) is 3.18. The minimum atomic E-state index is 0.550. The molecule has 0 aromatic carbocycles. The van der Waals surface area contributed by atoms with Crippen molar-refractivity contribution in [3.63, 3.8) is 0 Å². The predicted molar refractivity (Wildman–Crippen MR) is 72.9 cm³/mol. The molecule has 2 rings (SSSR count). The Morgan fingerprint density at radius 2 is 2.22 bits per heavy atom. The van der Waals surface area contributed by atoms with Crippen molar-refractivity contribution in [1.82, 2.24) is 9.97 Å². The summed E-state index contributed by atoms with van der Waals surface area (Å²) in [5, 5.41) is 6.67. The van der Waals surface area contributed by atoms with Crippen LogP contribution in [0.15, 0.2) is 12.3 Å². The molecule has 0 saturated heterocycles. The van der Waals surface area contributed by atoms with Gasteiger partial charge >= 0.3 is 0 Å². The molecule has 1 aliphatic carbocycles. The Labute approximate surface area is 108 Å². The normalized spacial score (nSPS) is 15.8. The van der Waals surface area contributed by atoms with Crippen molar-refractivity contribution in [3.05, 3.63) is 12.3 Å². The second-order valence-electron chi connectivity index (χ2n) is 4.66. The highest BCUT2D eigenvalue weighted by Gasteiger charge is 2.15. The first-order valence-corrected chi connectivity index (χ1v) is 6.71. The Morgan fingerprint density at radius 3 is 3.00 bits per heavy atom. The predicted octanol–water partition coefficient (Wildman–Crippen LogP) is 2.28. The van der Waals surface area contributed by atoms with Gasteiger partial charge in [0.15, 0.2) is 0 Å². The van der Waals surface area contributed by atoms with E-state index >= 15 is 0 Å². The maximum absolute atomic E-state index is 5.01. The summed E-state index contributed by atoms with van der Waals surface area (Å²) < 4.78 is 5.01. The Morgan fingerprint density at radius 1 is 1.39 bits per heavy atom. The summed E-state index contributed by atoms with van der Waals surface area (Å²) in [5.41, 5.74) is 0. The zero-order valence-electron chi connectivity index (χ0n) is 11.0. The van der Waals surface area contributed by atoms with Gasteiger partial charge in [0.25, 0.3) is 0 Å². The molecule has 0 aliphatic heterocycles. The number of methoxy groups -OCH3 is 1. The van der Waals surface area contributed by atoms with Crippen LogP contribution < -0.4 is 10.6 Å². The third-order valence-corrected chi connectivity index (χ3v) is 3.18.